The number of methoxy groups -OCH3 is 4. The van der Waals surface area contributed by atoms with E-state index >= 15 is 0 Å². The fourth-order valence-electron chi connectivity index (χ4n) is 2.85. The second-order valence-electron chi connectivity index (χ2n) is 6.02. The van der Waals surface area contributed by atoms with E-state index < -0.39 is 0 Å². The van der Waals surface area contributed by atoms with Gasteiger partial charge in [0.1, 0.15) is 5.75 Å². The maximum Gasteiger partial charge on any atom is 0.279 e. The number of amides is 1. The summed E-state index contributed by atoms with van der Waals surface area (Å²) in [5.74, 6) is 2.01. The first-order valence-electron chi connectivity index (χ1n) is 8.70. The zero-order valence-corrected chi connectivity index (χ0v) is 17.7. The number of thiazole rings is 1. The quantitative estimate of drug-likeness (QED) is 0.617. The van der Waals surface area contributed by atoms with Crippen LogP contribution in [0.1, 0.15) is 10.4 Å². The summed E-state index contributed by atoms with van der Waals surface area (Å²) in [6.45, 7) is 0. The van der Waals surface area contributed by atoms with E-state index in [1.807, 2.05) is 29.1 Å². The molecule has 29 heavy (non-hydrogen) atoms. The van der Waals surface area contributed by atoms with Crippen LogP contribution in [0.5, 0.6) is 23.0 Å². The number of carbonyl (C=O) groups excluding carboxylic acids is 1. The molecule has 0 aliphatic carbocycles. The minimum atomic E-state index is -0.318. The van der Waals surface area contributed by atoms with Crippen LogP contribution in [-0.4, -0.2) is 38.9 Å². The lowest BCUT2D eigenvalue weighted by molar-refractivity contribution is 0.0998. The monoisotopic (exact) mass is 414 g/mol. The van der Waals surface area contributed by atoms with Crippen LogP contribution in [0.2, 0.25) is 0 Å². The summed E-state index contributed by atoms with van der Waals surface area (Å²) >= 11 is 1.38. The summed E-state index contributed by atoms with van der Waals surface area (Å²) in [5, 5.41) is 1.93. The van der Waals surface area contributed by atoms with Crippen molar-refractivity contribution in [2.75, 3.05) is 28.4 Å². The molecular weight excluding hydrogens is 392 g/mol. The van der Waals surface area contributed by atoms with Crippen molar-refractivity contribution in [3.8, 4) is 34.3 Å². The van der Waals surface area contributed by atoms with Gasteiger partial charge in [-0.3, -0.25) is 4.79 Å². The van der Waals surface area contributed by atoms with Crippen molar-refractivity contribution in [3.05, 3.63) is 52.1 Å². The van der Waals surface area contributed by atoms with Gasteiger partial charge in [-0.2, -0.15) is 4.99 Å². The predicted molar refractivity (Wildman–Crippen MR) is 111 cm³/mol. The lowest BCUT2D eigenvalue weighted by atomic mass is 10.1. The van der Waals surface area contributed by atoms with Crippen LogP contribution >= 0.6 is 11.3 Å². The molecule has 0 unspecified atom stereocenters. The Balaban J connectivity index is 2.00. The van der Waals surface area contributed by atoms with Gasteiger partial charge < -0.3 is 23.5 Å². The highest BCUT2D eigenvalue weighted by Gasteiger charge is 2.16. The van der Waals surface area contributed by atoms with Crippen molar-refractivity contribution in [1.82, 2.24) is 4.57 Å². The van der Waals surface area contributed by atoms with Gasteiger partial charge in [0.15, 0.2) is 16.3 Å². The molecule has 1 aromatic heterocycles. The van der Waals surface area contributed by atoms with E-state index in [0.29, 0.717) is 33.4 Å². The third-order valence-electron chi connectivity index (χ3n) is 4.42. The van der Waals surface area contributed by atoms with Gasteiger partial charge in [-0.25, -0.2) is 0 Å². The van der Waals surface area contributed by atoms with E-state index in [1.165, 1.54) is 11.3 Å². The molecule has 152 valence electrons. The molecule has 0 bridgehead atoms. The van der Waals surface area contributed by atoms with Gasteiger partial charge in [-0.15, -0.1) is 11.3 Å². The summed E-state index contributed by atoms with van der Waals surface area (Å²) in [5.41, 5.74) is 2.22. The maximum atomic E-state index is 12.5. The second kappa shape index (κ2) is 8.83. The van der Waals surface area contributed by atoms with Crippen LogP contribution in [0.15, 0.2) is 46.8 Å². The summed E-state index contributed by atoms with van der Waals surface area (Å²) < 4.78 is 23.2. The second-order valence-corrected chi connectivity index (χ2v) is 6.86. The van der Waals surface area contributed by atoms with E-state index in [1.54, 1.807) is 52.7 Å². The Labute approximate surface area is 172 Å². The third-order valence-corrected chi connectivity index (χ3v) is 5.34. The Kier molecular flexibility index (Phi) is 6.23. The van der Waals surface area contributed by atoms with Gasteiger partial charge in [0.2, 0.25) is 5.75 Å². The third kappa shape index (κ3) is 4.12. The number of ether oxygens (including phenoxy) is 4. The van der Waals surface area contributed by atoms with Gasteiger partial charge in [-0.1, -0.05) is 0 Å². The molecule has 0 atom stereocenters. The molecule has 2 aromatic carbocycles. The molecular formula is C21H22N2O5S. The number of benzene rings is 2. The summed E-state index contributed by atoms with van der Waals surface area (Å²) in [4.78, 5) is 17.4. The van der Waals surface area contributed by atoms with Gasteiger partial charge in [-0.05, 0) is 36.4 Å². The Morgan fingerprint density at radius 1 is 0.931 bits per heavy atom. The van der Waals surface area contributed by atoms with Gasteiger partial charge >= 0.3 is 0 Å². The predicted octanol–water partition coefficient (Wildman–Crippen LogP) is 3.53. The molecule has 1 amide bonds. The van der Waals surface area contributed by atoms with Crippen molar-refractivity contribution in [2.24, 2.45) is 12.0 Å². The van der Waals surface area contributed by atoms with Crippen LogP contribution in [-0.2, 0) is 7.05 Å². The molecule has 7 nitrogen and oxygen atoms in total. The number of aromatic nitrogens is 1. The zero-order valence-electron chi connectivity index (χ0n) is 16.9. The number of rotatable bonds is 6. The fraction of sp³-hybridized carbons (Fsp3) is 0.238. The normalized spacial score (nSPS) is 11.3. The topological polar surface area (TPSA) is 71.3 Å². The van der Waals surface area contributed by atoms with E-state index in [2.05, 4.69) is 4.99 Å². The summed E-state index contributed by atoms with van der Waals surface area (Å²) in [6, 6.07) is 10.6. The lowest BCUT2D eigenvalue weighted by Crippen LogP contribution is -2.14. The van der Waals surface area contributed by atoms with Crippen molar-refractivity contribution in [2.45, 2.75) is 0 Å². The number of carbonyl (C=O) groups is 1. The molecule has 0 saturated heterocycles. The summed E-state index contributed by atoms with van der Waals surface area (Å²) in [6.07, 6.45) is 0. The Bertz CT molecular complexity index is 1060. The SMILES string of the molecule is COc1ccc(C(=O)/N=c2\scc(-c3cc(OC)c(OC)c(OC)c3)n2C)cc1. The number of hydrogen-bond acceptors (Lipinski definition) is 6. The molecule has 0 N–H and O–H groups in total. The van der Waals surface area contributed by atoms with Crippen LogP contribution in [0.25, 0.3) is 11.3 Å². The molecule has 3 rings (SSSR count). The van der Waals surface area contributed by atoms with Crippen molar-refractivity contribution >= 4 is 17.2 Å². The van der Waals surface area contributed by atoms with Crippen molar-refractivity contribution < 1.29 is 23.7 Å². The summed E-state index contributed by atoms with van der Waals surface area (Å²) in [7, 11) is 8.14. The number of nitrogens with zero attached hydrogens (tertiary/aromatic N) is 2. The van der Waals surface area contributed by atoms with Crippen LogP contribution < -0.4 is 23.7 Å². The zero-order chi connectivity index (χ0) is 21.0. The molecule has 0 aliphatic rings. The minimum Gasteiger partial charge on any atom is -0.497 e. The maximum absolute atomic E-state index is 12.5. The van der Waals surface area contributed by atoms with Crippen LogP contribution in [0.3, 0.4) is 0 Å². The highest BCUT2D eigenvalue weighted by Crippen LogP contribution is 2.41. The molecule has 1 heterocycles. The average Bonchev–Trinajstić information content (AvgIpc) is 3.12. The Morgan fingerprint density at radius 3 is 2.07 bits per heavy atom. The average molecular weight is 414 g/mol. The van der Waals surface area contributed by atoms with Crippen molar-refractivity contribution in [3.63, 3.8) is 0 Å². The highest BCUT2D eigenvalue weighted by atomic mass is 32.1. The van der Waals surface area contributed by atoms with Gasteiger partial charge in [0.05, 0.1) is 34.1 Å². The molecule has 0 radical (unpaired) electrons. The minimum absolute atomic E-state index is 0.318. The molecule has 8 heteroatoms. The first-order valence-corrected chi connectivity index (χ1v) is 9.58. The molecule has 3 aromatic rings. The first-order chi connectivity index (χ1) is 14.0. The highest BCUT2D eigenvalue weighted by molar-refractivity contribution is 7.07. The molecule has 0 saturated carbocycles. The van der Waals surface area contributed by atoms with Crippen LogP contribution in [0.4, 0.5) is 0 Å². The Hall–Kier alpha value is -3.26. The molecule has 0 aliphatic heterocycles. The van der Waals surface area contributed by atoms with Gasteiger partial charge in [0, 0.05) is 23.6 Å². The standard InChI is InChI=1S/C21H22N2O5S/c1-23-16(14-10-17(26-3)19(28-5)18(11-14)27-4)12-29-21(23)22-20(24)13-6-8-15(25-2)9-7-13/h6-12H,1-5H3/b22-21-. The largest absolute Gasteiger partial charge is 0.497 e. The van der Waals surface area contributed by atoms with Crippen molar-refractivity contribution in [1.29, 1.82) is 0 Å². The fourth-order valence-corrected chi connectivity index (χ4v) is 3.75. The van der Waals surface area contributed by atoms with Crippen LogP contribution in [0, 0.1) is 0 Å². The Morgan fingerprint density at radius 2 is 1.55 bits per heavy atom. The molecule has 0 spiro atoms. The molecule has 0 fully saturated rings. The number of hydrogen-bond donors (Lipinski definition) is 0. The first kappa shape index (κ1) is 20.5. The van der Waals surface area contributed by atoms with E-state index in [9.17, 15) is 4.79 Å². The lowest BCUT2D eigenvalue weighted by Gasteiger charge is -2.14. The van der Waals surface area contributed by atoms with Gasteiger partial charge in [0.25, 0.3) is 5.91 Å². The van der Waals surface area contributed by atoms with E-state index in [4.69, 9.17) is 18.9 Å². The smallest absolute Gasteiger partial charge is 0.279 e. The van der Waals surface area contributed by atoms with E-state index in [0.717, 1.165) is 11.3 Å². The van der Waals surface area contributed by atoms with E-state index in [-0.39, 0.29) is 5.91 Å².